The Morgan fingerprint density at radius 2 is 2.00 bits per heavy atom. The largest absolute Gasteiger partial charge is 0.490 e. The maximum absolute atomic E-state index is 12.2. The van der Waals surface area contributed by atoms with Gasteiger partial charge in [0.1, 0.15) is 11.4 Å². The van der Waals surface area contributed by atoms with Crippen LogP contribution < -0.4 is 10.1 Å². The molecule has 1 amide bonds. The molecular formula is C18H20N2O3. The molecule has 120 valence electrons. The Balaban J connectivity index is 1.66. The molecule has 0 aliphatic heterocycles. The van der Waals surface area contributed by atoms with Crippen LogP contribution in [0, 0.1) is 0 Å². The lowest BCUT2D eigenvalue weighted by Gasteiger charge is -2.14. The van der Waals surface area contributed by atoms with Crippen molar-refractivity contribution in [3.8, 4) is 5.75 Å². The number of anilines is 1. The molecule has 0 spiro atoms. The highest BCUT2D eigenvalue weighted by Gasteiger charge is 2.17. The van der Waals surface area contributed by atoms with Crippen molar-refractivity contribution in [2.75, 3.05) is 5.32 Å². The number of hydrogen-bond acceptors (Lipinski definition) is 3. The molecular weight excluding hydrogens is 292 g/mol. The van der Waals surface area contributed by atoms with Crippen LogP contribution in [0.4, 0.5) is 5.69 Å². The maximum atomic E-state index is 12.2. The van der Waals surface area contributed by atoms with Crippen LogP contribution in [0.25, 0.3) is 0 Å². The summed E-state index contributed by atoms with van der Waals surface area (Å²) in [7, 11) is 0. The molecule has 3 rings (SSSR count). The number of aromatic nitrogens is 1. The summed E-state index contributed by atoms with van der Waals surface area (Å²) in [4.78, 5) is 26.3. The zero-order valence-electron chi connectivity index (χ0n) is 13.1. The van der Waals surface area contributed by atoms with Crippen LogP contribution in [0.1, 0.15) is 53.5 Å². The minimum atomic E-state index is -0.282. The van der Waals surface area contributed by atoms with E-state index in [1.165, 1.54) is 26.0 Å². The predicted molar refractivity (Wildman–Crippen MR) is 88.1 cm³/mol. The lowest BCUT2D eigenvalue weighted by molar-refractivity contribution is 0.101. The van der Waals surface area contributed by atoms with E-state index in [9.17, 15) is 9.59 Å². The van der Waals surface area contributed by atoms with E-state index in [1.807, 2.05) is 24.3 Å². The van der Waals surface area contributed by atoms with Crippen molar-refractivity contribution in [1.29, 1.82) is 0 Å². The summed E-state index contributed by atoms with van der Waals surface area (Å²) in [6, 6.07) is 8.95. The normalized spacial score (nSPS) is 14.7. The number of amides is 1. The zero-order chi connectivity index (χ0) is 16.2. The smallest absolute Gasteiger partial charge is 0.272 e. The van der Waals surface area contributed by atoms with E-state index in [1.54, 1.807) is 6.07 Å². The molecule has 1 aromatic carbocycles. The second kappa shape index (κ2) is 6.69. The first kappa shape index (κ1) is 15.3. The fraction of sp³-hybridized carbons (Fsp3) is 0.333. The maximum Gasteiger partial charge on any atom is 0.272 e. The van der Waals surface area contributed by atoms with Crippen LogP contribution in [-0.4, -0.2) is 22.8 Å². The Kier molecular flexibility index (Phi) is 4.46. The van der Waals surface area contributed by atoms with Gasteiger partial charge in [-0.2, -0.15) is 0 Å². The van der Waals surface area contributed by atoms with Gasteiger partial charge in [-0.05, 0) is 50.8 Å². The Morgan fingerprint density at radius 3 is 2.70 bits per heavy atom. The van der Waals surface area contributed by atoms with Crippen LogP contribution >= 0.6 is 0 Å². The Labute approximate surface area is 135 Å². The Bertz CT molecular complexity index is 715. The third-order valence-electron chi connectivity index (χ3n) is 4.03. The molecule has 2 aromatic rings. The van der Waals surface area contributed by atoms with Gasteiger partial charge in [-0.1, -0.05) is 6.07 Å². The van der Waals surface area contributed by atoms with Crippen LogP contribution in [0.2, 0.25) is 0 Å². The summed E-state index contributed by atoms with van der Waals surface area (Å²) >= 11 is 0. The molecule has 0 radical (unpaired) electrons. The van der Waals surface area contributed by atoms with E-state index in [0.29, 0.717) is 16.9 Å². The van der Waals surface area contributed by atoms with E-state index in [0.717, 1.165) is 18.6 Å². The summed E-state index contributed by atoms with van der Waals surface area (Å²) < 4.78 is 5.94. The summed E-state index contributed by atoms with van der Waals surface area (Å²) in [6.07, 6.45) is 6.43. The highest BCUT2D eigenvalue weighted by atomic mass is 16.5. The lowest BCUT2D eigenvalue weighted by Crippen LogP contribution is -2.13. The number of ketones is 1. The number of benzene rings is 1. The molecule has 23 heavy (non-hydrogen) atoms. The Hall–Kier alpha value is -2.56. The van der Waals surface area contributed by atoms with Crippen LogP contribution in [0.15, 0.2) is 36.5 Å². The van der Waals surface area contributed by atoms with Gasteiger partial charge in [-0.3, -0.25) is 9.59 Å². The average Bonchev–Trinajstić information content (AvgIpc) is 3.18. The number of nitrogens with one attached hydrogen (secondary N) is 2. The van der Waals surface area contributed by atoms with Crippen LogP contribution in [-0.2, 0) is 0 Å². The third kappa shape index (κ3) is 3.80. The molecule has 1 saturated carbocycles. The number of rotatable bonds is 5. The van der Waals surface area contributed by atoms with Gasteiger partial charge in [0.2, 0.25) is 0 Å². The van der Waals surface area contributed by atoms with Crippen LogP contribution in [0.3, 0.4) is 0 Å². The molecule has 1 aliphatic rings. The molecule has 0 unspecified atom stereocenters. The molecule has 0 atom stereocenters. The summed E-state index contributed by atoms with van der Waals surface area (Å²) in [5.74, 6) is 0.411. The third-order valence-corrected chi connectivity index (χ3v) is 4.03. The highest BCUT2D eigenvalue weighted by Crippen LogP contribution is 2.26. The summed E-state index contributed by atoms with van der Waals surface area (Å²) in [5, 5.41) is 2.81. The number of ether oxygens (including phenoxy) is 1. The van der Waals surface area contributed by atoms with Gasteiger partial charge >= 0.3 is 0 Å². The molecule has 2 N–H and O–H groups in total. The minimum Gasteiger partial charge on any atom is -0.490 e. The van der Waals surface area contributed by atoms with E-state index < -0.39 is 0 Å². The highest BCUT2D eigenvalue weighted by molar-refractivity contribution is 6.05. The zero-order valence-corrected chi connectivity index (χ0v) is 13.1. The van der Waals surface area contributed by atoms with Crippen LogP contribution in [0.5, 0.6) is 5.75 Å². The van der Waals surface area contributed by atoms with E-state index in [2.05, 4.69) is 10.3 Å². The molecule has 1 fully saturated rings. The number of Topliss-reactive ketones (excluding diaryl/α,β-unsaturated/α-hetero) is 1. The first-order valence-corrected chi connectivity index (χ1v) is 7.89. The first-order valence-electron chi connectivity index (χ1n) is 7.89. The van der Waals surface area contributed by atoms with Gasteiger partial charge in [0.15, 0.2) is 5.78 Å². The SMILES string of the molecule is CC(=O)c1c[nH]c(C(=O)Nc2cccc(OC3CCCC3)c2)c1. The minimum absolute atomic E-state index is 0.0766. The molecule has 5 nitrogen and oxygen atoms in total. The van der Waals surface area contributed by atoms with E-state index >= 15 is 0 Å². The predicted octanol–water partition coefficient (Wildman–Crippen LogP) is 3.79. The van der Waals surface area contributed by atoms with Crippen molar-refractivity contribution in [3.63, 3.8) is 0 Å². The molecule has 5 heteroatoms. The number of hydrogen-bond donors (Lipinski definition) is 2. The lowest BCUT2D eigenvalue weighted by atomic mass is 10.2. The Morgan fingerprint density at radius 1 is 1.22 bits per heavy atom. The fourth-order valence-electron chi connectivity index (χ4n) is 2.77. The molecule has 1 aliphatic carbocycles. The van der Waals surface area contributed by atoms with Gasteiger partial charge in [0.25, 0.3) is 5.91 Å². The molecule has 1 heterocycles. The monoisotopic (exact) mass is 312 g/mol. The van der Waals surface area contributed by atoms with Gasteiger partial charge in [-0.15, -0.1) is 0 Å². The number of carbonyl (C=O) groups excluding carboxylic acids is 2. The van der Waals surface area contributed by atoms with Crippen molar-refractivity contribution in [2.45, 2.75) is 38.7 Å². The number of H-pyrrole nitrogens is 1. The van der Waals surface area contributed by atoms with E-state index in [4.69, 9.17) is 4.74 Å². The molecule has 0 bridgehead atoms. The second-order valence-corrected chi connectivity index (χ2v) is 5.86. The van der Waals surface area contributed by atoms with Crippen molar-refractivity contribution < 1.29 is 14.3 Å². The molecule has 0 saturated heterocycles. The van der Waals surface area contributed by atoms with Crippen molar-refractivity contribution in [3.05, 3.63) is 47.8 Å². The topological polar surface area (TPSA) is 71.2 Å². The van der Waals surface area contributed by atoms with Crippen molar-refractivity contribution in [1.82, 2.24) is 4.98 Å². The average molecular weight is 312 g/mol. The van der Waals surface area contributed by atoms with E-state index in [-0.39, 0.29) is 17.8 Å². The number of aromatic amines is 1. The van der Waals surface area contributed by atoms with Crippen molar-refractivity contribution in [2.24, 2.45) is 0 Å². The fourth-order valence-corrected chi connectivity index (χ4v) is 2.77. The summed E-state index contributed by atoms with van der Waals surface area (Å²) in [5.41, 5.74) is 1.52. The standard InChI is InChI=1S/C18H20N2O3/c1-12(21)13-9-17(19-11-13)18(22)20-14-5-4-8-16(10-14)23-15-6-2-3-7-15/h4-5,8-11,15,19H,2-3,6-7H2,1H3,(H,20,22). The van der Waals surface area contributed by atoms with Gasteiger partial charge in [0, 0.05) is 23.5 Å². The number of carbonyl (C=O) groups is 2. The molecule has 1 aromatic heterocycles. The summed E-state index contributed by atoms with van der Waals surface area (Å²) in [6.45, 7) is 1.47. The van der Waals surface area contributed by atoms with Crippen molar-refractivity contribution >= 4 is 17.4 Å². The van der Waals surface area contributed by atoms with Gasteiger partial charge < -0.3 is 15.0 Å². The quantitative estimate of drug-likeness (QED) is 0.825. The first-order chi connectivity index (χ1) is 11.1. The van der Waals surface area contributed by atoms with Gasteiger partial charge in [-0.25, -0.2) is 0 Å². The second-order valence-electron chi connectivity index (χ2n) is 5.86. The van der Waals surface area contributed by atoms with Gasteiger partial charge in [0.05, 0.1) is 6.10 Å².